The van der Waals surface area contributed by atoms with Gasteiger partial charge in [0.1, 0.15) is 19.3 Å². The number of rotatable bonds is 84. The number of hydrogen-bond acceptors (Lipinski definition) is 15. The van der Waals surface area contributed by atoms with E-state index in [2.05, 4.69) is 48.5 Å². The molecule has 0 heterocycles. The van der Waals surface area contributed by atoms with Crippen LogP contribution in [0.5, 0.6) is 0 Å². The summed E-state index contributed by atoms with van der Waals surface area (Å²) in [5.74, 6) is 0.351. The lowest BCUT2D eigenvalue weighted by Gasteiger charge is -2.21. The zero-order valence-corrected chi connectivity index (χ0v) is 71.0. The van der Waals surface area contributed by atoms with Crippen LogP contribution in [0.4, 0.5) is 0 Å². The third-order valence-electron chi connectivity index (χ3n) is 20.9. The quantitative estimate of drug-likeness (QED) is 0.0222. The zero-order valence-electron chi connectivity index (χ0n) is 69.2. The van der Waals surface area contributed by atoms with E-state index in [4.69, 9.17) is 37.0 Å². The summed E-state index contributed by atoms with van der Waals surface area (Å²) in [7, 11) is -9.93. The fraction of sp³-hybridized carbons (Fsp3) is 0.953. The SMILES string of the molecule is CCCCCCCCCCCCCCCC(=O)O[C@H](COC(=O)CCCCCCCCCCC(C)CC)COP(=O)(O)OC[C@H](O)COP(=O)(O)OC[C@@H](COC(=O)CCCCCCCCCCCCCCCCCC(C)C)OC(=O)CCCCCCCCCCCCCCCCCCCCC(C)CC. The van der Waals surface area contributed by atoms with Crippen LogP contribution >= 0.6 is 15.6 Å². The fourth-order valence-corrected chi connectivity index (χ4v) is 14.9. The molecule has 17 nitrogen and oxygen atoms in total. The molecule has 4 unspecified atom stereocenters. The number of carbonyl (C=O) groups excluding carboxylic acids is 4. The van der Waals surface area contributed by atoms with Crippen LogP contribution in [0.25, 0.3) is 0 Å². The summed E-state index contributed by atoms with van der Waals surface area (Å²) in [5.41, 5.74) is 0. The van der Waals surface area contributed by atoms with Crippen molar-refractivity contribution in [3.05, 3.63) is 0 Å². The summed E-state index contributed by atoms with van der Waals surface area (Å²) < 4.78 is 68.9. The van der Waals surface area contributed by atoms with Gasteiger partial charge in [0.2, 0.25) is 0 Å². The third-order valence-corrected chi connectivity index (χ3v) is 22.8. The van der Waals surface area contributed by atoms with Crippen LogP contribution in [0.15, 0.2) is 0 Å². The molecule has 0 radical (unpaired) electrons. The number of aliphatic hydroxyl groups is 1. The Labute approximate surface area is 645 Å². The lowest BCUT2D eigenvalue weighted by molar-refractivity contribution is -0.161. The first-order valence-electron chi connectivity index (χ1n) is 44.4. The number of unbranched alkanes of at least 4 members (excludes halogenated alkanes) is 50. The van der Waals surface area contributed by atoms with Gasteiger partial charge in [0.05, 0.1) is 26.4 Å². The Bertz CT molecular complexity index is 2030. The molecule has 7 atom stereocenters. The van der Waals surface area contributed by atoms with Gasteiger partial charge in [0.25, 0.3) is 0 Å². The fourth-order valence-electron chi connectivity index (χ4n) is 13.3. The minimum absolute atomic E-state index is 0.107. The molecule has 0 aromatic rings. The van der Waals surface area contributed by atoms with E-state index in [1.165, 1.54) is 263 Å². The second kappa shape index (κ2) is 76.1. The van der Waals surface area contributed by atoms with Crippen LogP contribution < -0.4 is 0 Å². The molecule has 0 bridgehead atoms. The van der Waals surface area contributed by atoms with Crippen molar-refractivity contribution in [3.63, 3.8) is 0 Å². The number of esters is 4. The Balaban J connectivity index is 5.24. The lowest BCUT2D eigenvalue weighted by Crippen LogP contribution is -2.30. The van der Waals surface area contributed by atoms with Crippen LogP contribution in [0.1, 0.15) is 453 Å². The van der Waals surface area contributed by atoms with E-state index >= 15 is 0 Å². The highest BCUT2D eigenvalue weighted by molar-refractivity contribution is 7.47. The Morgan fingerprint density at radius 2 is 0.486 bits per heavy atom. The van der Waals surface area contributed by atoms with Gasteiger partial charge >= 0.3 is 39.5 Å². The zero-order chi connectivity index (χ0) is 77.2. The largest absolute Gasteiger partial charge is 0.472 e. The minimum atomic E-state index is -4.97. The Kier molecular flexibility index (Phi) is 74.7. The standard InChI is InChI=1S/C86H168O17P2/c1-8-11-12-13-14-15-16-26-34-39-48-55-62-69-85(90)103-82(74-97-84(89)68-61-54-47-42-41-45-52-59-66-79(7)10-3)76-101-105(94,95)99-72-80(87)71-98-104(92,93)100-75-81(73-96-83(88)67-60-53-46-38-33-29-25-21-22-27-31-36-43-50-57-64-77(4)5)102-86(91)70-63-56-49-40-35-30-24-20-18-17-19-23-28-32-37-44-51-58-65-78(6)9-2/h77-82,87H,8-76H2,1-7H3,(H,92,93)(H,94,95)/t78?,79?,80-,81-,82-/m1/s1. The van der Waals surface area contributed by atoms with Gasteiger partial charge in [-0.1, -0.05) is 402 Å². The number of phosphoric acid groups is 2. The van der Waals surface area contributed by atoms with Crippen molar-refractivity contribution in [1.82, 2.24) is 0 Å². The van der Waals surface area contributed by atoms with Crippen molar-refractivity contribution < 1.29 is 80.2 Å². The number of ether oxygens (including phenoxy) is 4. The van der Waals surface area contributed by atoms with Crippen molar-refractivity contribution in [2.45, 2.75) is 471 Å². The Morgan fingerprint density at radius 3 is 0.724 bits per heavy atom. The van der Waals surface area contributed by atoms with E-state index < -0.39 is 97.5 Å². The van der Waals surface area contributed by atoms with Gasteiger partial charge in [-0.2, -0.15) is 0 Å². The number of phosphoric ester groups is 2. The molecule has 0 aromatic carbocycles. The molecule has 0 aliphatic rings. The summed E-state index contributed by atoms with van der Waals surface area (Å²) in [4.78, 5) is 73.2. The van der Waals surface area contributed by atoms with Gasteiger partial charge < -0.3 is 33.8 Å². The van der Waals surface area contributed by atoms with E-state index in [-0.39, 0.29) is 25.7 Å². The highest BCUT2D eigenvalue weighted by Gasteiger charge is 2.30. The summed E-state index contributed by atoms with van der Waals surface area (Å²) in [6.45, 7) is 12.1. The molecular weight excluding hydrogens is 1370 g/mol. The van der Waals surface area contributed by atoms with E-state index in [0.717, 1.165) is 108 Å². The maximum atomic E-state index is 13.2. The molecule has 0 aliphatic carbocycles. The molecule has 0 saturated carbocycles. The van der Waals surface area contributed by atoms with E-state index in [1.807, 2.05) is 0 Å². The van der Waals surface area contributed by atoms with Crippen molar-refractivity contribution in [2.75, 3.05) is 39.6 Å². The van der Waals surface area contributed by atoms with Crippen molar-refractivity contribution in [1.29, 1.82) is 0 Å². The number of carbonyl (C=O) groups is 4. The molecular formula is C86H168O17P2. The van der Waals surface area contributed by atoms with Gasteiger partial charge in [-0.25, -0.2) is 9.13 Å². The van der Waals surface area contributed by atoms with E-state index in [9.17, 15) is 43.2 Å². The Morgan fingerprint density at radius 1 is 0.276 bits per heavy atom. The highest BCUT2D eigenvalue weighted by Crippen LogP contribution is 2.45. The highest BCUT2D eigenvalue weighted by atomic mass is 31.2. The van der Waals surface area contributed by atoms with Gasteiger partial charge in [0.15, 0.2) is 12.2 Å². The van der Waals surface area contributed by atoms with E-state index in [0.29, 0.717) is 25.7 Å². The summed E-state index contributed by atoms with van der Waals surface area (Å²) in [5, 5.41) is 10.7. The first-order chi connectivity index (χ1) is 50.8. The first kappa shape index (κ1) is 103. The smallest absolute Gasteiger partial charge is 0.462 e. The van der Waals surface area contributed by atoms with Crippen LogP contribution in [-0.4, -0.2) is 96.7 Å². The number of aliphatic hydroxyl groups excluding tert-OH is 1. The van der Waals surface area contributed by atoms with Gasteiger partial charge in [-0.05, 0) is 43.4 Å². The van der Waals surface area contributed by atoms with Crippen molar-refractivity contribution in [2.24, 2.45) is 17.8 Å². The van der Waals surface area contributed by atoms with Gasteiger partial charge in [-0.15, -0.1) is 0 Å². The monoisotopic (exact) mass is 1540 g/mol. The summed E-state index contributed by atoms with van der Waals surface area (Å²) >= 11 is 0. The summed E-state index contributed by atoms with van der Waals surface area (Å²) in [6.07, 6.45) is 66.5. The van der Waals surface area contributed by atoms with E-state index in [1.54, 1.807) is 0 Å². The van der Waals surface area contributed by atoms with Gasteiger partial charge in [0, 0.05) is 25.7 Å². The first-order valence-corrected chi connectivity index (χ1v) is 47.4. The molecule has 0 rings (SSSR count). The van der Waals surface area contributed by atoms with Crippen LogP contribution in [0.3, 0.4) is 0 Å². The predicted octanol–water partition coefficient (Wildman–Crippen LogP) is 26.1. The maximum absolute atomic E-state index is 13.2. The topological polar surface area (TPSA) is 237 Å². The second-order valence-electron chi connectivity index (χ2n) is 31.9. The van der Waals surface area contributed by atoms with Crippen molar-refractivity contribution >= 4 is 39.5 Å². The predicted molar refractivity (Wildman–Crippen MR) is 432 cm³/mol. The normalized spacial score (nSPS) is 14.4. The number of hydrogen-bond donors (Lipinski definition) is 3. The molecule has 105 heavy (non-hydrogen) atoms. The second-order valence-corrected chi connectivity index (χ2v) is 34.8. The molecule has 624 valence electrons. The maximum Gasteiger partial charge on any atom is 0.472 e. The molecule has 0 aromatic heterocycles. The van der Waals surface area contributed by atoms with Gasteiger partial charge in [-0.3, -0.25) is 37.3 Å². The molecule has 19 heteroatoms. The lowest BCUT2D eigenvalue weighted by atomic mass is 9.99. The summed E-state index contributed by atoms with van der Waals surface area (Å²) in [6, 6.07) is 0. The molecule has 0 aliphatic heterocycles. The molecule has 0 spiro atoms. The average molecular weight is 1540 g/mol. The van der Waals surface area contributed by atoms with Crippen LogP contribution in [0, 0.1) is 17.8 Å². The minimum Gasteiger partial charge on any atom is -0.462 e. The molecule has 0 amide bonds. The molecule has 0 saturated heterocycles. The molecule has 3 N–H and O–H groups in total. The molecule has 0 fully saturated rings. The van der Waals surface area contributed by atoms with Crippen LogP contribution in [-0.2, 0) is 65.4 Å². The Hall–Kier alpha value is -1.94. The van der Waals surface area contributed by atoms with Crippen LogP contribution in [0.2, 0.25) is 0 Å². The average Bonchev–Trinajstić information content (AvgIpc) is 0.908. The third kappa shape index (κ3) is 77.2. The van der Waals surface area contributed by atoms with Crippen molar-refractivity contribution in [3.8, 4) is 0 Å².